The Balaban J connectivity index is 1.73. The summed E-state index contributed by atoms with van der Waals surface area (Å²) in [4.78, 5) is 16.9. The first-order valence-electron chi connectivity index (χ1n) is 10.2. The molecular formula is C21H29NO4S. The lowest BCUT2D eigenvalue weighted by atomic mass is 9.44. The van der Waals surface area contributed by atoms with Crippen molar-refractivity contribution in [2.75, 3.05) is 7.11 Å². The topological polar surface area (TPSA) is 79.1 Å². The highest BCUT2D eigenvalue weighted by Gasteiger charge is 2.78. The maximum atomic E-state index is 12.2. The van der Waals surface area contributed by atoms with Crippen LogP contribution in [0.2, 0.25) is 0 Å². The molecule has 1 spiro atoms. The van der Waals surface area contributed by atoms with E-state index in [0.29, 0.717) is 24.0 Å². The van der Waals surface area contributed by atoms with Gasteiger partial charge in [0.1, 0.15) is 0 Å². The van der Waals surface area contributed by atoms with Crippen LogP contribution in [0.15, 0.2) is 16.6 Å². The molecule has 5 nitrogen and oxygen atoms in total. The average Bonchev–Trinajstić information content (AvgIpc) is 3.07. The first-order chi connectivity index (χ1) is 12.7. The molecule has 4 aliphatic carbocycles. The third-order valence-electron chi connectivity index (χ3n) is 8.75. The number of hydrogen-bond acceptors (Lipinski definition) is 6. The van der Waals surface area contributed by atoms with Gasteiger partial charge in [-0.25, -0.2) is 4.99 Å². The largest absolute Gasteiger partial charge is 0.476 e. The SMILES string of the molecule is COC1=NC2(O)CC3(C)C(O)CCC3C3CCC4=CC(=O)CCC4(C)C32S1. The predicted octanol–water partition coefficient (Wildman–Crippen LogP) is 3.05. The molecule has 1 heterocycles. The van der Waals surface area contributed by atoms with Gasteiger partial charge in [-0.3, -0.25) is 4.79 Å². The van der Waals surface area contributed by atoms with Gasteiger partial charge in [0.05, 0.1) is 18.0 Å². The molecule has 0 saturated heterocycles. The van der Waals surface area contributed by atoms with Gasteiger partial charge in [-0.15, -0.1) is 0 Å². The van der Waals surface area contributed by atoms with Crippen LogP contribution in [0, 0.1) is 22.7 Å². The molecule has 0 aromatic rings. The van der Waals surface area contributed by atoms with E-state index in [1.807, 2.05) is 6.08 Å². The van der Waals surface area contributed by atoms with Crippen LogP contribution in [0.25, 0.3) is 0 Å². The number of fused-ring (bicyclic) bond motifs is 3. The number of rotatable bonds is 0. The van der Waals surface area contributed by atoms with E-state index >= 15 is 0 Å². The van der Waals surface area contributed by atoms with Crippen LogP contribution < -0.4 is 0 Å². The average molecular weight is 392 g/mol. The molecule has 148 valence electrons. The number of carbonyl (C=O) groups excluding carboxylic acids is 1. The van der Waals surface area contributed by atoms with E-state index in [1.54, 1.807) is 18.9 Å². The highest BCUT2D eigenvalue weighted by Crippen LogP contribution is 2.75. The fraction of sp³-hybridized carbons (Fsp3) is 0.810. The van der Waals surface area contributed by atoms with E-state index < -0.39 is 16.6 Å². The number of nitrogens with zero attached hydrogens (tertiary/aromatic N) is 1. The number of carbonyl (C=O) groups is 1. The Bertz CT molecular complexity index is 780. The lowest BCUT2D eigenvalue weighted by molar-refractivity contribution is -0.172. The number of ether oxygens (including phenoxy) is 1. The van der Waals surface area contributed by atoms with Crippen molar-refractivity contribution in [3.63, 3.8) is 0 Å². The minimum absolute atomic E-state index is 0.202. The van der Waals surface area contributed by atoms with Gasteiger partial charge >= 0.3 is 0 Å². The van der Waals surface area contributed by atoms with Crippen LogP contribution in [0.3, 0.4) is 0 Å². The number of thioether (sulfide) groups is 1. The second kappa shape index (κ2) is 5.39. The molecule has 0 amide bonds. The van der Waals surface area contributed by atoms with Gasteiger partial charge in [-0.05, 0) is 50.0 Å². The van der Waals surface area contributed by atoms with Crippen molar-refractivity contribution in [3.8, 4) is 0 Å². The quantitative estimate of drug-likeness (QED) is 0.663. The molecular weight excluding hydrogens is 362 g/mol. The Kier molecular flexibility index (Phi) is 3.63. The van der Waals surface area contributed by atoms with Gasteiger partial charge in [-0.1, -0.05) is 31.2 Å². The molecule has 0 aromatic carbocycles. The fourth-order valence-corrected chi connectivity index (χ4v) is 9.21. The molecule has 5 aliphatic rings. The molecule has 1 aliphatic heterocycles. The molecule has 3 saturated carbocycles. The Labute approximate surface area is 164 Å². The second-order valence-corrected chi connectivity index (χ2v) is 10.9. The highest BCUT2D eigenvalue weighted by atomic mass is 32.2. The molecule has 7 atom stereocenters. The zero-order chi connectivity index (χ0) is 19.2. The van der Waals surface area contributed by atoms with Crippen molar-refractivity contribution in [2.45, 2.75) is 75.4 Å². The Hall–Kier alpha value is -0.850. The maximum Gasteiger partial charge on any atom is 0.249 e. The van der Waals surface area contributed by atoms with Gasteiger partial charge in [0.25, 0.3) is 0 Å². The zero-order valence-electron chi connectivity index (χ0n) is 16.3. The Morgan fingerprint density at radius 1 is 1.22 bits per heavy atom. The van der Waals surface area contributed by atoms with Crippen LogP contribution in [0.1, 0.15) is 58.8 Å². The summed E-state index contributed by atoms with van der Waals surface area (Å²) in [6, 6.07) is 0. The van der Waals surface area contributed by atoms with Crippen LogP contribution >= 0.6 is 11.8 Å². The number of hydrogen-bond donors (Lipinski definition) is 2. The number of ketones is 1. The van der Waals surface area contributed by atoms with E-state index in [4.69, 9.17) is 9.73 Å². The predicted molar refractivity (Wildman–Crippen MR) is 104 cm³/mol. The summed E-state index contributed by atoms with van der Waals surface area (Å²) >= 11 is 1.60. The van der Waals surface area contributed by atoms with Crippen LogP contribution in [-0.2, 0) is 9.53 Å². The third kappa shape index (κ3) is 1.95. The highest BCUT2D eigenvalue weighted by molar-refractivity contribution is 8.15. The third-order valence-corrected chi connectivity index (χ3v) is 10.6. The van der Waals surface area contributed by atoms with Crippen LogP contribution in [0.4, 0.5) is 0 Å². The number of methoxy groups -OCH3 is 1. The van der Waals surface area contributed by atoms with Gasteiger partial charge in [-0.2, -0.15) is 0 Å². The van der Waals surface area contributed by atoms with Gasteiger partial charge in [0.2, 0.25) is 5.23 Å². The van der Waals surface area contributed by atoms with Gasteiger partial charge < -0.3 is 14.9 Å². The summed E-state index contributed by atoms with van der Waals surface area (Å²) < 4.78 is 5.02. The van der Waals surface area contributed by atoms with Gasteiger partial charge in [0, 0.05) is 23.7 Å². The van der Waals surface area contributed by atoms with Crippen molar-refractivity contribution in [3.05, 3.63) is 11.6 Å². The lowest BCUT2D eigenvalue weighted by Gasteiger charge is -2.66. The van der Waals surface area contributed by atoms with Crippen molar-refractivity contribution in [2.24, 2.45) is 27.7 Å². The number of aliphatic hydroxyl groups is 2. The number of aliphatic imine (C=N–C) groups is 1. The van der Waals surface area contributed by atoms with Crippen LogP contribution in [-0.4, -0.2) is 44.9 Å². The first-order valence-corrected chi connectivity index (χ1v) is 11.0. The molecule has 7 unspecified atom stereocenters. The van der Waals surface area contributed by atoms with E-state index in [-0.39, 0.29) is 22.5 Å². The van der Waals surface area contributed by atoms with E-state index in [0.717, 1.165) is 32.1 Å². The number of allylic oxidation sites excluding steroid dienone is 1. The van der Waals surface area contributed by atoms with Crippen molar-refractivity contribution in [1.29, 1.82) is 0 Å². The minimum atomic E-state index is -1.28. The smallest absolute Gasteiger partial charge is 0.249 e. The number of aliphatic hydroxyl groups excluding tert-OH is 1. The first kappa shape index (κ1) is 18.2. The summed E-state index contributed by atoms with van der Waals surface area (Å²) in [6.45, 7) is 4.37. The second-order valence-electron chi connectivity index (χ2n) is 9.73. The molecule has 5 rings (SSSR count). The van der Waals surface area contributed by atoms with E-state index in [2.05, 4.69) is 13.8 Å². The standard InChI is InChI=1S/C21H29NO4S/c1-18-11-20(25)21(27-17(22-20)26-3)15(14(18)6-7-16(18)24)5-4-12-10-13(23)8-9-19(12,21)2/h10,14-16,24-25H,4-9,11H2,1-3H3. The normalized spacial score (nSPS) is 53.7. The Morgan fingerprint density at radius 3 is 2.74 bits per heavy atom. The Morgan fingerprint density at radius 2 is 2.00 bits per heavy atom. The van der Waals surface area contributed by atoms with Crippen molar-refractivity contribution < 1.29 is 19.7 Å². The monoisotopic (exact) mass is 391 g/mol. The lowest BCUT2D eigenvalue weighted by Crippen LogP contribution is -2.71. The zero-order valence-corrected chi connectivity index (χ0v) is 17.1. The maximum absolute atomic E-state index is 12.2. The molecule has 27 heavy (non-hydrogen) atoms. The fourth-order valence-electron chi connectivity index (χ4n) is 7.49. The van der Waals surface area contributed by atoms with E-state index in [1.165, 1.54) is 5.57 Å². The van der Waals surface area contributed by atoms with E-state index in [9.17, 15) is 15.0 Å². The summed E-state index contributed by atoms with van der Waals surface area (Å²) in [5, 5.41) is 23.4. The molecule has 0 radical (unpaired) electrons. The summed E-state index contributed by atoms with van der Waals surface area (Å²) in [6.07, 6.45) is 6.81. The molecule has 3 fully saturated rings. The molecule has 2 N–H and O–H groups in total. The van der Waals surface area contributed by atoms with Crippen molar-refractivity contribution in [1.82, 2.24) is 0 Å². The summed E-state index contributed by atoms with van der Waals surface area (Å²) in [7, 11) is 1.61. The summed E-state index contributed by atoms with van der Waals surface area (Å²) in [5.41, 5.74) is -0.713. The molecule has 0 bridgehead atoms. The van der Waals surface area contributed by atoms with Crippen LogP contribution in [0.5, 0.6) is 0 Å². The van der Waals surface area contributed by atoms with Crippen molar-refractivity contribution >= 4 is 22.8 Å². The summed E-state index contributed by atoms with van der Waals surface area (Å²) in [5.74, 6) is 0.812. The molecule has 6 heteroatoms. The minimum Gasteiger partial charge on any atom is -0.476 e. The van der Waals surface area contributed by atoms with Gasteiger partial charge in [0.15, 0.2) is 11.5 Å². The molecule has 0 aromatic heterocycles.